The van der Waals surface area contributed by atoms with Gasteiger partial charge in [-0.3, -0.25) is 0 Å². The van der Waals surface area contributed by atoms with Crippen molar-refractivity contribution >= 4 is 23.6 Å². The second-order valence-corrected chi connectivity index (χ2v) is 2.99. The molecule has 0 radical (unpaired) electrons. The Kier molecular flexibility index (Phi) is 3.27. The summed E-state index contributed by atoms with van der Waals surface area (Å²) in [5.74, 6) is -1.04. The molecule has 0 aromatic heterocycles. The number of aliphatic carboxylic acids is 1. The average molecular weight is 208 g/mol. The number of nitriles is 1. The molecule has 0 bridgehead atoms. The largest absolute Gasteiger partial charge is 0.478 e. The summed E-state index contributed by atoms with van der Waals surface area (Å²) < 4.78 is 0. The van der Waals surface area contributed by atoms with E-state index in [0.717, 1.165) is 6.08 Å². The molecular formula is C10H6ClNO2. The van der Waals surface area contributed by atoms with Gasteiger partial charge in [0.15, 0.2) is 0 Å². The van der Waals surface area contributed by atoms with Crippen molar-refractivity contribution in [2.75, 3.05) is 0 Å². The van der Waals surface area contributed by atoms with Gasteiger partial charge in [0, 0.05) is 11.1 Å². The lowest BCUT2D eigenvalue weighted by molar-refractivity contribution is -0.131. The Morgan fingerprint density at radius 3 is 2.79 bits per heavy atom. The zero-order valence-corrected chi connectivity index (χ0v) is 7.82. The van der Waals surface area contributed by atoms with E-state index in [9.17, 15) is 4.79 Å². The third-order valence-corrected chi connectivity index (χ3v) is 1.69. The van der Waals surface area contributed by atoms with E-state index >= 15 is 0 Å². The maximum Gasteiger partial charge on any atom is 0.328 e. The molecule has 4 heteroatoms. The molecule has 0 aliphatic rings. The highest BCUT2D eigenvalue weighted by Gasteiger charge is 1.96. The maximum absolute atomic E-state index is 10.2. The van der Waals surface area contributed by atoms with Crippen molar-refractivity contribution in [3.05, 3.63) is 40.4 Å². The van der Waals surface area contributed by atoms with Crippen LogP contribution in [0.3, 0.4) is 0 Å². The van der Waals surface area contributed by atoms with Gasteiger partial charge in [-0.2, -0.15) is 5.26 Å². The molecule has 3 nitrogen and oxygen atoms in total. The lowest BCUT2D eigenvalue weighted by Gasteiger charge is -1.95. The number of hydrogen-bond acceptors (Lipinski definition) is 2. The SMILES string of the molecule is N#Cc1cc(Cl)cc(C=CC(=O)O)c1. The van der Waals surface area contributed by atoms with Crippen LogP contribution >= 0.6 is 11.6 Å². The van der Waals surface area contributed by atoms with Gasteiger partial charge < -0.3 is 5.11 Å². The lowest BCUT2D eigenvalue weighted by atomic mass is 10.1. The number of carbonyl (C=O) groups is 1. The van der Waals surface area contributed by atoms with Crippen molar-refractivity contribution in [2.24, 2.45) is 0 Å². The zero-order chi connectivity index (χ0) is 10.6. The fourth-order valence-corrected chi connectivity index (χ4v) is 1.18. The molecule has 70 valence electrons. The molecule has 1 aromatic carbocycles. The van der Waals surface area contributed by atoms with E-state index < -0.39 is 5.97 Å². The predicted octanol–water partition coefficient (Wildman–Crippen LogP) is 2.31. The predicted molar refractivity (Wildman–Crippen MR) is 52.8 cm³/mol. The van der Waals surface area contributed by atoms with Crippen LogP contribution in [0, 0.1) is 11.3 Å². The third-order valence-electron chi connectivity index (χ3n) is 1.47. The molecule has 0 heterocycles. The number of rotatable bonds is 2. The minimum atomic E-state index is -1.04. The summed E-state index contributed by atoms with van der Waals surface area (Å²) >= 11 is 5.71. The standard InChI is InChI=1S/C10H6ClNO2/c11-9-4-7(1-2-10(13)14)3-8(5-9)6-12/h1-5H,(H,13,14). The first kappa shape index (κ1) is 10.3. The molecule has 1 rings (SSSR count). The number of carboxylic acids is 1. The smallest absolute Gasteiger partial charge is 0.328 e. The second kappa shape index (κ2) is 4.45. The second-order valence-electron chi connectivity index (χ2n) is 2.56. The normalized spacial score (nSPS) is 10.0. The van der Waals surface area contributed by atoms with Crippen LogP contribution in [0.25, 0.3) is 6.08 Å². The summed E-state index contributed by atoms with van der Waals surface area (Å²) in [5.41, 5.74) is 0.999. The molecule has 0 unspecified atom stereocenters. The lowest BCUT2D eigenvalue weighted by Crippen LogP contribution is -1.86. The van der Waals surface area contributed by atoms with Gasteiger partial charge in [-0.15, -0.1) is 0 Å². The average Bonchev–Trinajstić information content (AvgIpc) is 2.14. The van der Waals surface area contributed by atoms with E-state index in [4.69, 9.17) is 22.0 Å². The van der Waals surface area contributed by atoms with Gasteiger partial charge in [0.1, 0.15) is 0 Å². The highest BCUT2D eigenvalue weighted by Crippen LogP contribution is 2.15. The van der Waals surface area contributed by atoms with E-state index in [0.29, 0.717) is 16.1 Å². The molecular weight excluding hydrogens is 202 g/mol. The molecule has 0 spiro atoms. The van der Waals surface area contributed by atoms with Crippen molar-refractivity contribution < 1.29 is 9.90 Å². The van der Waals surface area contributed by atoms with Crippen molar-refractivity contribution in [2.45, 2.75) is 0 Å². The van der Waals surface area contributed by atoms with E-state index in [1.54, 1.807) is 12.1 Å². The highest BCUT2D eigenvalue weighted by molar-refractivity contribution is 6.30. The highest BCUT2D eigenvalue weighted by atomic mass is 35.5. The minimum Gasteiger partial charge on any atom is -0.478 e. The molecule has 0 aliphatic carbocycles. The van der Waals surface area contributed by atoms with Gasteiger partial charge in [0.05, 0.1) is 11.6 Å². The third kappa shape index (κ3) is 2.92. The van der Waals surface area contributed by atoms with Crippen LogP contribution < -0.4 is 0 Å². The van der Waals surface area contributed by atoms with Crippen molar-refractivity contribution in [1.82, 2.24) is 0 Å². The van der Waals surface area contributed by atoms with E-state index in [1.807, 2.05) is 6.07 Å². The number of hydrogen-bond donors (Lipinski definition) is 1. The monoisotopic (exact) mass is 207 g/mol. The van der Waals surface area contributed by atoms with Gasteiger partial charge in [0.25, 0.3) is 0 Å². The Balaban J connectivity index is 3.05. The van der Waals surface area contributed by atoms with E-state index in [-0.39, 0.29) is 0 Å². The van der Waals surface area contributed by atoms with Gasteiger partial charge in [-0.1, -0.05) is 11.6 Å². The van der Waals surface area contributed by atoms with Crippen molar-refractivity contribution in [3.8, 4) is 6.07 Å². The molecule has 0 amide bonds. The minimum absolute atomic E-state index is 0.405. The van der Waals surface area contributed by atoms with Gasteiger partial charge >= 0.3 is 5.97 Å². The molecule has 0 fully saturated rings. The van der Waals surface area contributed by atoms with E-state index in [1.165, 1.54) is 12.1 Å². The molecule has 0 saturated carbocycles. The topological polar surface area (TPSA) is 61.1 Å². The van der Waals surface area contributed by atoms with Crippen LogP contribution in [0.5, 0.6) is 0 Å². The first-order valence-electron chi connectivity index (χ1n) is 3.73. The first-order chi connectivity index (χ1) is 6.61. The number of halogens is 1. The Morgan fingerprint density at radius 2 is 2.21 bits per heavy atom. The zero-order valence-electron chi connectivity index (χ0n) is 7.07. The van der Waals surface area contributed by atoms with Crippen LogP contribution in [0.4, 0.5) is 0 Å². The van der Waals surface area contributed by atoms with Crippen LogP contribution in [0.2, 0.25) is 5.02 Å². The Morgan fingerprint density at radius 1 is 1.50 bits per heavy atom. The summed E-state index contributed by atoms with van der Waals surface area (Å²) in [4.78, 5) is 10.2. The van der Waals surface area contributed by atoms with E-state index in [2.05, 4.69) is 0 Å². The number of benzene rings is 1. The van der Waals surface area contributed by atoms with Gasteiger partial charge in [-0.05, 0) is 29.8 Å². The van der Waals surface area contributed by atoms with Gasteiger partial charge in [0.2, 0.25) is 0 Å². The number of carboxylic acid groups (broad SMARTS) is 1. The number of nitrogens with zero attached hydrogens (tertiary/aromatic N) is 1. The summed E-state index contributed by atoms with van der Waals surface area (Å²) in [5, 5.41) is 17.4. The molecule has 14 heavy (non-hydrogen) atoms. The quantitative estimate of drug-likeness (QED) is 0.757. The van der Waals surface area contributed by atoms with Crippen LogP contribution in [0.1, 0.15) is 11.1 Å². The Labute approximate surface area is 85.9 Å². The Bertz CT molecular complexity index is 432. The van der Waals surface area contributed by atoms with Gasteiger partial charge in [-0.25, -0.2) is 4.79 Å². The van der Waals surface area contributed by atoms with Crippen molar-refractivity contribution in [1.29, 1.82) is 5.26 Å². The summed E-state index contributed by atoms with van der Waals surface area (Å²) in [6, 6.07) is 6.59. The Hall–Kier alpha value is -1.79. The van der Waals surface area contributed by atoms with Crippen LogP contribution in [-0.2, 0) is 4.79 Å². The fourth-order valence-electron chi connectivity index (χ4n) is 0.941. The summed E-state index contributed by atoms with van der Waals surface area (Å²) in [6.07, 6.45) is 2.38. The molecule has 1 aromatic rings. The van der Waals surface area contributed by atoms with Crippen LogP contribution in [-0.4, -0.2) is 11.1 Å². The molecule has 0 atom stereocenters. The molecule has 1 N–H and O–H groups in total. The fraction of sp³-hybridized carbons (Fsp3) is 0. The summed E-state index contributed by atoms with van der Waals surface area (Å²) in [6.45, 7) is 0. The van der Waals surface area contributed by atoms with Crippen molar-refractivity contribution in [3.63, 3.8) is 0 Å². The molecule has 0 saturated heterocycles. The first-order valence-corrected chi connectivity index (χ1v) is 4.11. The molecule has 0 aliphatic heterocycles. The summed E-state index contributed by atoms with van der Waals surface area (Å²) in [7, 11) is 0. The maximum atomic E-state index is 10.2. The van der Waals surface area contributed by atoms with Crippen LogP contribution in [0.15, 0.2) is 24.3 Å².